The quantitative estimate of drug-likeness (QED) is 0.0509. The number of halogens is 3. The van der Waals surface area contributed by atoms with Crippen molar-refractivity contribution in [3.05, 3.63) is 81.0 Å². The normalized spacial score (nSPS) is 19.1. The lowest BCUT2D eigenvalue weighted by atomic mass is 10.0. The van der Waals surface area contributed by atoms with Crippen LogP contribution in [0.4, 0.5) is 13.2 Å². The van der Waals surface area contributed by atoms with Crippen LogP contribution in [0.2, 0.25) is 0 Å². The molecule has 0 radical (unpaired) electrons. The summed E-state index contributed by atoms with van der Waals surface area (Å²) in [5, 5.41) is 23.4. The Kier molecular flexibility index (Phi) is 12.0. The standard InChI is InChI=1S/C37H42F3N5O6S/c1-22(30-16-24(20-52-30)33(41)42)44-35(50)25-17-36(38,21-51-14-8-4-2-3-5-11-32(47)48)45(19-25)31(46)18-43-34(49)23-12-13-29-27(15-23)26-9-6-7-10-28(26)37(29,39)40/h6-7,9-10,12-13,15-16,20,22,25H,2-5,8,11,14,17-19,21H2,1H3,(H3,41,42)(H,43,49)(H,44,50)(H,47,48)/t22-,25-,36-/m1/s1. The van der Waals surface area contributed by atoms with Crippen LogP contribution in [-0.2, 0) is 25.0 Å². The Morgan fingerprint density at radius 2 is 1.73 bits per heavy atom. The van der Waals surface area contributed by atoms with Gasteiger partial charge < -0.3 is 31.1 Å². The van der Waals surface area contributed by atoms with Crippen molar-refractivity contribution in [1.82, 2.24) is 15.5 Å². The lowest BCUT2D eigenvalue weighted by molar-refractivity contribution is -0.147. The lowest BCUT2D eigenvalue weighted by Crippen LogP contribution is -2.50. The Bertz CT molecular complexity index is 1840. The molecule has 11 nitrogen and oxygen atoms in total. The first-order chi connectivity index (χ1) is 24.7. The number of unbranched alkanes of at least 4 members (excludes halogenated alkanes) is 4. The highest BCUT2D eigenvalue weighted by molar-refractivity contribution is 7.10. The number of fused-ring (bicyclic) bond motifs is 3. The minimum absolute atomic E-state index is 0.0472. The Hall–Kier alpha value is -4.76. The van der Waals surface area contributed by atoms with E-state index in [0.29, 0.717) is 24.0 Å². The van der Waals surface area contributed by atoms with E-state index in [9.17, 15) is 19.2 Å². The van der Waals surface area contributed by atoms with Gasteiger partial charge in [0.15, 0.2) is 0 Å². The van der Waals surface area contributed by atoms with Gasteiger partial charge >= 0.3 is 5.97 Å². The van der Waals surface area contributed by atoms with Crippen LogP contribution in [0.3, 0.4) is 0 Å². The van der Waals surface area contributed by atoms with Crippen LogP contribution in [0.25, 0.3) is 11.1 Å². The maximum absolute atomic E-state index is 16.7. The minimum atomic E-state index is -3.22. The zero-order valence-corrected chi connectivity index (χ0v) is 29.5. The second kappa shape index (κ2) is 16.3. The molecule has 3 atom stereocenters. The summed E-state index contributed by atoms with van der Waals surface area (Å²) >= 11 is 1.31. The number of alkyl halides is 3. The molecule has 2 heterocycles. The molecule has 0 unspecified atom stereocenters. The molecule has 1 saturated heterocycles. The molecule has 6 N–H and O–H groups in total. The van der Waals surface area contributed by atoms with Gasteiger partial charge in [0.1, 0.15) is 5.84 Å². The second-order valence-electron chi connectivity index (χ2n) is 13.2. The lowest BCUT2D eigenvalue weighted by Gasteiger charge is -2.31. The van der Waals surface area contributed by atoms with Crippen molar-refractivity contribution < 1.29 is 42.2 Å². The van der Waals surface area contributed by atoms with E-state index >= 15 is 13.2 Å². The summed E-state index contributed by atoms with van der Waals surface area (Å²) in [6.07, 6.45) is 3.20. The number of thiophene rings is 1. The number of carbonyl (C=O) groups excluding carboxylic acids is 3. The number of nitrogen functional groups attached to an aromatic ring is 1. The zero-order chi connectivity index (χ0) is 37.6. The molecule has 1 fully saturated rings. The predicted molar refractivity (Wildman–Crippen MR) is 189 cm³/mol. The summed E-state index contributed by atoms with van der Waals surface area (Å²) in [6.45, 7) is 0.543. The molecule has 5 rings (SSSR count). The summed E-state index contributed by atoms with van der Waals surface area (Å²) < 4.78 is 52.3. The number of amidine groups is 1. The molecule has 0 bridgehead atoms. The number of likely N-dealkylation sites (tertiary alicyclic amines) is 1. The van der Waals surface area contributed by atoms with Crippen LogP contribution in [0.1, 0.15) is 89.8 Å². The predicted octanol–water partition coefficient (Wildman–Crippen LogP) is 5.72. The van der Waals surface area contributed by atoms with E-state index in [0.717, 1.165) is 29.0 Å². The van der Waals surface area contributed by atoms with Crippen molar-refractivity contribution in [2.75, 3.05) is 26.3 Å². The van der Waals surface area contributed by atoms with E-state index in [1.54, 1.807) is 30.5 Å². The number of hydrogen-bond acceptors (Lipinski definition) is 7. The van der Waals surface area contributed by atoms with Crippen molar-refractivity contribution in [2.45, 2.75) is 69.6 Å². The van der Waals surface area contributed by atoms with Crippen molar-refractivity contribution >= 4 is 40.9 Å². The van der Waals surface area contributed by atoms with Gasteiger partial charge in [0.25, 0.3) is 11.8 Å². The van der Waals surface area contributed by atoms with E-state index < -0.39 is 60.5 Å². The average Bonchev–Trinajstić information content (AvgIpc) is 3.80. The SMILES string of the molecule is C[C@@H](NC(=O)[C@H]1CN(C(=O)CNC(=O)c2ccc3c(c2)-c2ccccc2C3(F)F)[C@@](F)(COCCCCCCCC(=O)O)C1)c1cc(C(=N)N)cs1. The molecule has 0 saturated carbocycles. The molecule has 52 heavy (non-hydrogen) atoms. The van der Waals surface area contributed by atoms with Crippen LogP contribution in [0, 0.1) is 11.3 Å². The molecule has 3 aromatic rings. The third kappa shape index (κ3) is 8.64. The summed E-state index contributed by atoms with van der Waals surface area (Å²) in [7, 11) is 0. The number of aliphatic carboxylic acids is 1. The van der Waals surface area contributed by atoms with Gasteiger partial charge in [0, 0.05) is 58.5 Å². The number of carbonyl (C=O) groups is 4. The first kappa shape index (κ1) is 38.5. The van der Waals surface area contributed by atoms with Crippen molar-refractivity contribution in [1.29, 1.82) is 5.41 Å². The molecule has 278 valence electrons. The summed E-state index contributed by atoms with van der Waals surface area (Å²) in [4.78, 5) is 52.3. The largest absolute Gasteiger partial charge is 0.481 e. The number of nitrogens with zero attached hydrogens (tertiary/aromatic N) is 1. The fraction of sp³-hybridized carbons (Fsp3) is 0.432. The molecule has 1 aliphatic heterocycles. The zero-order valence-electron chi connectivity index (χ0n) is 28.7. The highest BCUT2D eigenvalue weighted by atomic mass is 32.1. The summed E-state index contributed by atoms with van der Waals surface area (Å²) in [5.74, 6) is -9.45. The van der Waals surface area contributed by atoms with E-state index in [-0.39, 0.29) is 54.1 Å². The number of benzene rings is 2. The van der Waals surface area contributed by atoms with Crippen LogP contribution >= 0.6 is 11.3 Å². The first-order valence-corrected chi connectivity index (χ1v) is 18.0. The minimum Gasteiger partial charge on any atom is -0.481 e. The maximum Gasteiger partial charge on any atom is 0.303 e. The Morgan fingerprint density at radius 3 is 2.46 bits per heavy atom. The smallest absolute Gasteiger partial charge is 0.303 e. The Labute approximate surface area is 303 Å². The van der Waals surface area contributed by atoms with Gasteiger partial charge in [-0.1, -0.05) is 49.6 Å². The molecule has 3 amide bonds. The van der Waals surface area contributed by atoms with Crippen LogP contribution < -0.4 is 16.4 Å². The summed E-state index contributed by atoms with van der Waals surface area (Å²) in [6, 6.07) is 11.0. The van der Waals surface area contributed by atoms with Gasteiger partial charge in [0.2, 0.25) is 17.6 Å². The fourth-order valence-corrected chi connectivity index (χ4v) is 7.53. The number of amides is 3. The molecule has 0 spiro atoms. The maximum atomic E-state index is 16.7. The molecule has 1 aromatic heterocycles. The number of ether oxygens (including phenoxy) is 1. The third-order valence-corrected chi connectivity index (χ3v) is 10.5. The van der Waals surface area contributed by atoms with Gasteiger partial charge in [0.05, 0.1) is 25.1 Å². The Balaban J connectivity index is 1.22. The van der Waals surface area contributed by atoms with Gasteiger partial charge in [-0.15, -0.1) is 11.3 Å². The third-order valence-electron chi connectivity index (χ3n) is 9.41. The van der Waals surface area contributed by atoms with E-state index in [1.165, 1.54) is 41.7 Å². The van der Waals surface area contributed by atoms with Gasteiger partial charge in [-0.25, -0.2) is 4.39 Å². The number of hydrogen-bond donors (Lipinski definition) is 5. The first-order valence-electron chi connectivity index (χ1n) is 17.1. The number of nitrogens with two attached hydrogens (primary N) is 1. The molecule has 2 aliphatic rings. The number of carboxylic acid groups (broad SMARTS) is 1. The van der Waals surface area contributed by atoms with Crippen molar-refractivity contribution in [3.8, 4) is 11.1 Å². The second-order valence-corrected chi connectivity index (χ2v) is 14.2. The molecular weight excluding hydrogens is 699 g/mol. The van der Waals surface area contributed by atoms with Gasteiger partial charge in [-0.2, -0.15) is 8.78 Å². The Morgan fingerprint density at radius 1 is 1.02 bits per heavy atom. The molecule has 1 aliphatic carbocycles. The highest BCUT2D eigenvalue weighted by Crippen LogP contribution is 2.51. The molecule has 2 aromatic carbocycles. The van der Waals surface area contributed by atoms with Crippen LogP contribution in [0.15, 0.2) is 53.9 Å². The monoisotopic (exact) mass is 741 g/mol. The number of carboxylic acids is 1. The van der Waals surface area contributed by atoms with E-state index in [4.69, 9.17) is 21.0 Å². The van der Waals surface area contributed by atoms with Gasteiger partial charge in [-0.05, 0) is 49.1 Å². The van der Waals surface area contributed by atoms with Crippen molar-refractivity contribution in [3.63, 3.8) is 0 Å². The molecule has 15 heteroatoms. The van der Waals surface area contributed by atoms with Crippen molar-refractivity contribution in [2.24, 2.45) is 11.7 Å². The molecular formula is C37H42F3N5O6S. The van der Waals surface area contributed by atoms with Gasteiger partial charge in [-0.3, -0.25) is 24.6 Å². The van der Waals surface area contributed by atoms with Crippen LogP contribution in [0.5, 0.6) is 0 Å². The number of nitrogens with one attached hydrogen (secondary N) is 3. The average molecular weight is 742 g/mol. The van der Waals surface area contributed by atoms with Crippen LogP contribution in [-0.4, -0.2) is 71.6 Å². The van der Waals surface area contributed by atoms with E-state index in [1.807, 2.05) is 0 Å². The highest BCUT2D eigenvalue weighted by Gasteiger charge is 2.51. The van der Waals surface area contributed by atoms with E-state index in [2.05, 4.69) is 10.6 Å². The topological polar surface area (TPSA) is 175 Å². The summed E-state index contributed by atoms with van der Waals surface area (Å²) in [5.41, 5.74) is 6.26. The number of rotatable bonds is 17. The fourth-order valence-electron chi connectivity index (χ4n) is 6.61.